The van der Waals surface area contributed by atoms with Crippen molar-refractivity contribution in [2.75, 3.05) is 45.8 Å². The van der Waals surface area contributed by atoms with Gasteiger partial charge in [-0.25, -0.2) is 13.8 Å². The van der Waals surface area contributed by atoms with Crippen LogP contribution in [-0.4, -0.2) is 86.8 Å². The third-order valence-corrected chi connectivity index (χ3v) is 8.59. The van der Waals surface area contributed by atoms with Crippen molar-refractivity contribution in [2.45, 2.75) is 73.9 Å². The third kappa shape index (κ3) is 9.26. The van der Waals surface area contributed by atoms with Gasteiger partial charge in [-0.15, -0.1) is 11.8 Å². The number of ether oxygens (including phenoxy) is 2. The van der Waals surface area contributed by atoms with E-state index in [0.717, 1.165) is 19.3 Å². The molecule has 0 aliphatic carbocycles. The van der Waals surface area contributed by atoms with E-state index in [1.165, 1.54) is 16.5 Å². The Morgan fingerprint density at radius 2 is 1.98 bits per heavy atom. The maximum Gasteiger partial charge on any atom is 0.272 e. The molecule has 8 nitrogen and oxygen atoms in total. The highest BCUT2D eigenvalue weighted by molar-refractivity contribution is 7.98. The Hall–Kier alpha value is -2.47. The smallest absolute Gasteiger partial charge is 0.272 e. The van der Waals surface area contributed by atoms with Crippen LogP contribution < -0.4 is 16.4 Å². The molecule has 3 aliphatic heterocycles. The molecule has 4 atom stereocenters. The number of rotatable bonds is 11. The molecule has 2 unspecified atom stereocenters. The molecule has 4 N–H and O–H groups in total. The SMILES string of the molecule is C=C(/C=C(\N=C(N)CF)C(=O)N1CCC(NC2CCOCC2F)CC1)NC[C@H]1CCC[C@@H](c2ccc(SC)cc2)O1. The van der Waals surface area contributed by atoms with Gasteiger partial charge in [-0.3, -0.25) is 4.79 Å². The van der Waals surface area contributed by atoms with Gasteiger partial charge in [-0.05, 0) is 68.6 Å². The van der Waals surface area contributed by atoms with Crippen molar-refractivity contribution in [2.24, 2.45) is 10.7 Å². The average Bonchev–Trinajstić information content (AvgIpc) is 3.01. The molecule has 0 radical (unpaired) electrons. The minimum Gasteiger partial charge on any atom is -0.385 e. The van der Waals surface area contributed by atoms with Gasteiger partial charge < -0.3 is 30.7 Å². The molecule has 41 heavy (non-hydrogen) atoms. The van der Waals surface area contributed by atoms with E-state index in [9.17, 15) is 13.6 Å². The van der Waals surface area contributed by atoms with Crippen molar-refractivity contribution < 1.29 is 23.0 Å². The zero-order chi connectivity index (χ0) is 29.2. The van der Waals surface area contributed by atoms with Crippen molar-refractivity contribution in [3.8, 4) is 0 Å². The van der Waals surface area contributed by atoms with Gasteiger partial charge in [0.2, 0.25) is 0 Å². The van der Waals surface area contributed by atoms with Crippen LogP contribution in [-0.2, 0) is 14.3 Å². The molecule has 0 saturated carbocycles. The topological polar surface area (TPSA) is 101 Å². The Labute approximate surface area is 246 Å². The first-order valence-electron chi connectivity index (χ1n) is 14.5. The largest absolute Gasteiger partial charge is 0.385 e. The lowest BCUT2D eigenvalue weighted by Crippen LogP contribution is -2.52. The summed E-state index contributed by atoms with van der Waals surface area (Å²) in [6.45, 7) is 5.24. The van der Waals surface area contributed by atoms with Gasteiger partial charge in [0, 0.05) is 48.9 Å². The average molecular weight is 592 g/mol. The van der Waals surface area contributed by atoms with Crippen LogP contribution in [0.2, 0.25) is 0 Å². The predicted molar refractivity (Wildman–Crippen MR) is 159 cm³/mol. The van der Waals surface area contributed by atoms with Crippen LogP contribution in [0.4, 0.5) is 8.78 Å². The van der Waals surface area contributed by atoms with Crippen molar-refractivity contribution in [1.29, 1.82) is 0 Å². The van der Waals surface area contributed by atoms with E-state index < -0.39 is 12.8 Å². The Balaban J connectivity index is 1.31. The predicted octanol–water partition coefficient (Wildman–Crippen LogP) is 4.04. The van der Waals surface area contributed by atoms with Crippen molar-refractivity contribution >= 4 is 23.5 Å². The number of amides is 1. The highest BCUT2D eigenvalue weighted by atomic mass is 32.2. The summed E-state index contributed by atoms with van der Waals surface area (Å²) >= 11 is 1.71. The second-order valence-corrected chi connectivity index (χ2v) is 11.7. The quantitative estimate of drug-likeness (QED) is 0.117. The number of likely N-dealkylation sites (tertiary alicyclic amines) is 1. The number of hydrogen-bond donors (Lipinski definition) is 3. The van der Waals surface area contributed by atoms with Crippen LogP contribution >= 0.6 is 11.8 Å². The lowest BCUT2D eigenvalue weighted by Gasteiger charge is -2.36. The van der Waals surface area contributed by atoms with E-state index in [0.29, 0.717) is 51.2 Å². The van der Waals surface area contributed by atoms with Gasteiger partial charge >= 0.3 is 0 Å². The molecule has 3 saturated heterocycles. The van der Waals surface area contributed by atoms with E-state index in [1.54, 1.807) is 16.7 Å². The molecule has 3 heterocycles. The fourth-order valence-electron chi connectivity index (χ4n) is 5.51. The van der Waals surface area contributed by atoms with E-state index in [1.807, 2.05) is 0 Å². The first-order valence-corrected chi connectivity index (χ1v) is 15.7. The monoisotopic (exact) mass is 591 g/mol. The molecule has 3 aliphatic rings. The molecule has 226 valence electrons. The van der Waals surface area contributed by atoms with Crippen molar-refractivity contribution in [3.05, 3.63) is 53.9 Å². The molecule has 1 aromatic carbocycles. The zero-order valence-corrected chi connectivity index (χ0v) is 24.6. The Morgan fingerprint density at radius 1 is 1.22 bits per heavy atom. The second kappa shape index (κ2) is 15.7. The van der Waals surface area contributed by atoms with Gasteiger partial charge in [0.05, 0.1) is 18.8 Å². The first kappa shape index (κ1) is 31.5. The second-order valence-electron chi connectivity index (χ2n) is 10.8. The summed E-state index contributed by atoms with van der Waals surface area (Å²) in [5.41, 5.74) is 7.36. The molecule has 0 bridgehead atoms. The van der Waals surface area contributed by atoms with Gasteiger partial charge in [0.25, 0.3) is 5.91 Å². The number of benzene rings is 1. The fraction of sp³-hybridized carbons (Fsp3) is 0.600. The van der Waals surface area contributed by atoms with E-state index in [2.05, 4.69) is 52.7 Å². The summed E-state index contributed by atoms with van der Waals surface area (Å²) in [5, 5.41) is 6.64. The maximum atomic E-state index is 14.2. The lowest BCUT2D eigenvalue weighted by atomic mass is 9.98. The Kier molecular flexibility index (Phi) is 12.0. The number of nitrogens with zero attached hydrogens (tertiary/aromatic N) is 2. The van der Waals surface area contributed by atoms with Crippen LogP contribution in [0.1, 0.15) is 50.2 Å². The molecule has 0 aromatic heterocycles. The number of thioether (sulfide) groups is 1. The molecule has 0 spiro atoms. The van der Waals surface area contributed by atoms with Crippen LogP contribution in [0.15, 0.2) is 58.2 Å². The molecule has 1 amide bonds. The molecule has 11 heteroatoms. The third-order valence-electron chi connectivity index (χ3n) is 7.84. The summed E-state index contributed by atoms with van der Waals surface area (Å²) in [5.74, 6) is -0.603. The number of nitrogens with one attached hydrogen (secondary N) is 2. The minimum atomic E-state index is -1.02. The summed E-state index contributed by atoms with van der Waals surface area (Å²) < 4.78 is 38.9. The summed E-state index contributed by atoms with van der Waals surface area (Å²) in [7, 11) is 0. The summed E-state index contributed by atoms with van der Waals surface area (Å²) in [6.07, 6.45) is 7.54. The minimum absolute atomic E-state index is 0.0103. The molecule has 3 fully saturated rings. The number of carbonyl (C=O) groups is 1. The van der Waals surface area contributed by atoms with Crippen LogP contribution in [0.25, 0.3) is 0 Å². The number of aliphatic imine (C=N–C) groups is 1. The normalized spacial score (nSPS) is 26.6. The molecular weight excluding hydrogens is 548 g/mol. The Morgan fingerprint density at radius 3 is 2.66 bits per heavy atom. The van der Waals surface area contributed by atoms with Gasteiger partial charge in [0.15, 0.2) is 0 Å². The number of carbonyl (C=O) groups excluding carboxylic acids is 1. The number of alkyl halides is 2. The summed E-state index contributed by atoms with van der Waals surface area (Å²) in [4.78, 5) is 20.3. The number of piperidine rings is 1. The number of hydrogen-bond acceptors (Lipinski definition) is 7. The van der Waals surface area contributed by atoms with Gasteiger partial charge in [0.1, 0.15) is 24.4 Å². The van der Waals surface area contributed by atoms with Crippen molar-refractivity contribution in [3.63, 3.8) is 0 Å². The lowest BCUT2D eigenvalue weighted by molar-refractivity contribution is -0.128. The number of allylic oxidation sites excluding steroid dienone is 1. The molecule has 1 aromatic rings. The van der Waals surface area contributed by atoms with Gasteiger partial charge in [-0.1, -0.05) is 18.7 Å². The standard InChI is InChI=1S/C30H43F2N5O3S/c1-20(34-18-23-4-3-5-28(40-23)21-6-8-24(41-2)9-7-21)16-27(36-29(33)17-31)30(38)37-13-10-22(11-14-37)35-26-12-15-39-19-25(26)32/h6-9,16,22-23,25-26,28,34-35H,1,3-5,10-15,17-19H2,2H3,(H2,33,36)/b27-16-/t23-,25?,26?,28+/m1/s1. The van der Waals surface area contributed by atoms with Gasteiger partial charge in [-0.2, -0.15) is 0 Å². The molecular formula is C30H43F2N5O3S. The highest BCUT2D eigenvalue weighted by Gasteiger charge is 2.31. The first-order chi connectivity index (χ1) is 19.9. The van der Waals surface area contributed by atoms with E-state index >= 15 is 0 Å². The molecule has 4 rings (SSSR count). The fourth-order valence-corrected chi connectivity index (χ4v) is 5.91. The zero-order valence-electron chi connectivity index (χ0n) is 23.8. The summed E-state index contributed by atoms with van der Waals surface area (Å²) in [6, 6.07) is 8.38. The number of amidine groups is 1. The Bertz CT molecular complexity index is 1080. The number of halogens is 2. The number of nitrogens with two attached hydrogens (primary N) is 1. The van der Waals surface area contributed by atoms with Crippen molar-refractivity contribution in [1.82, 2.24) is 15.5 Å². The maximum absolute atomic E-state index is 14.2. The van der Waals surface area contributed by atoms with Crippen LogP contribution in [0, 0.1) is 0 Å². The van der Waals surface area contributed by atoms with Crippen LogP contribution in [0.3, 0.4) is 0 Å². The van der Waals surface area contributed by atoms with E-state index in [4.69, 9.17) is 15.2 Å². The van der Waals surface area contributed by atoms with E-state index in [-0.39, 0.29) is 48.3 Å². The van der Waals surface area contributed by atoms with Crippen LogP contribution in [0.5, 0.6) is 0 Å². The highest BCUT2D eigenvalue weighted by Crippen LogP contribution is 2.32.